The Morgan fingerprint density at radius 2 is 2.13 bits per heavy atom. The van der Waals surface area contributed by atoms with Crippen LogP contribution in [0.1, 0.15) is 17.3 Å². The van der Waals surface area contributed by atoms with E-state index < -0.39 is 6.67 Å². The lowest BCUT2D eigenvalue weighted by molar-refractivity contribution is 0.101. The monoisotopic (exact) mass is 212 g/mol. The molecule has 0 spiro atoms. The highest BCUT2D eigenvalue weighted by atomic mass is 19.1. The number of ether oxygens (including phenoxy) is 2. The first-order chi connectivity index (χ1) is 7.19. The molecule has 0 saturated heterocycles. The molecule has 1 aromatic carbocycles. The van der Waals surface area contributed by atoms with Crippen LogP contribution in [0.25, 0.3) is 0 Å². The number of ketones is 1. The molecule has 0 amide bonds. The normalized spacial score (nSPS) is 9.80. The third kappa shape index (κ3) is 2.94. The van der Waals surface area contributed by atoms with Crippen LogP contribution < -0.4 is 9.47 Å². The molecule has 0 radical (unpaired) electrons. The summed E-state index contributed by atoms with van der Waals surface area (Å²) in [5, 5.41) is 0. The van der Waals surface area contributed by atoms with Gasteiger partial charge in [0, 0.05) is 5.56 Å². The first-order valence-corrected chi connectivity index (χ1v) is 4.56. The van der Waals surface area contributed by atoms with E-state index in [0.717, 1.165) is 0 Å². The molecule has 1 aromatic rings. The molecule has 15 heavy (non-hydrogen) atoms. The molecule has 0 N–H and O–H groups in total. The van der Waals surface area contributed by atoms with Gasteiger partial charge in [-0.25, -0.2) is 4.39 Å². The molecule has 0 aliphatic heterocycles. The van der Waals surface area contributed by atoms with Crippen LogP contribution in [0.3, 0.4) is 0 Å². The predicted octanol–water partition coefficient (Wildman–Crippen LogP) is 2.25. The number of rotatable bonds is 5. The van der Waals surface area contributed by atoms with Gasteiger partial charge in [-0.1, -0.05) is 0 Å². The summed E-state index contributed by atoms with van der Waals surface area (Å²) in [6, 6.07) is 4.81. The van der Waals surface area contributed by atoms with Crippen LogP contribution in [0.5, 0.6) is 11.5 Å². The zero-order valence-electron chi connectivity index (χ0n) is 8.75. The van der Waals surface area contributed by atoms with Crippen molar-refractivity contribution < 1.29 is 18.7 Å². The Kier molecular flexibility index (Phi) is 4.09. The molecule has 0 fully saturated rings. The van der Waals surface area contributed by atoms with Gasteiger partial charge >= 0.3 is 0 Å². The van der Waals surface area contributed by atoms with E-state index >= 15 is 0 Å². The van der Waals surface area contributed by atoms with E-state index in [9.17, 15) is 9.18 Å². The molecule has 0 heterocycles. The van der Waals surface area contributed by atoms with Crippen molar-refractivity contribution in [1.82, 2.24) is 0 Å². The summed E-state index contributed by atoms with van der Waals surface area (Å²) in [5.41, 5.74) is 0.541. The Bertz CT molecular complexity index is 350. The van der Waals surface area contributed by atoms with Gasteiger partial charge in [0.2, 0.25) is 0 Å². The van der Waals surface area contributed by atoms with E-state index in [-0.39, 0.29) is 12.4 Å². The lowest BCUT2D eigenvalue weighted by Crippen LogP contribution is -2.02. The molecular weight excluding hydrogens is 199 g/mol. The second-order valence-corrected chi connectivity index (χ2v) is 2.96. The van der Waals surface area contributed by atoms with Crippen molar-refractivity contribution in [3.05, 3.63) is 23.8 Å². The number of hydrogen-bond acceptors (Lipinski definition) is 3. The van der Waals surface area contributed by atoms with Crippen molar-refractivity contribution in [1.29, 1.82) is 0 Å². The molecule has 0 bridgehead atoms. The first kappa shape index (κ1) is 11.5. The maximum Gasteiger partial charge on any atom is 0.161 e. The fraction of sp³-hybridized carbons (Fsp3) is 0.364. The van der Waals surface area contributed by atoms with Crippen LogP contribution in [0.15, 0.2) is 18.2 Å². The van der Waals surface area contributed by atoms with Crippen molar-refractivity contribution in [3.8, 4) is 11.5 Å². The Morgan fingerprint density at radius 1 is 1.40 bits per heavy atom. The van der Waals surface area contributed by atoms with Crippen molar-refractivity contribution in [2.24, 2.45) is 0 Å². The van der Waals surface area contributed by atoms with Crippen molar-refractivity contribution in [3.63, 3.8) is 0 Å². The maximum absolute atomic E-state index is 11.9. The number of carbonyl (C=O) groups is 1. The summed E-state index contributed by atoms with van der Waals surface area (Å²) in [4.78, 5) is 11.1. The number of carbonyl (C=O) groups excluding carboxylic acids is 1. The van der Waals surface area contributed by atoms with Gasteiger partial charge in [0.15, 0.2) is 17.3 Å². The SMILES string of the molecule is COc1cc(C(C)=O)ccc1OCCF. The molecule has 4 heteroatoms. The molecule has 0 aromatic heterocycles. The van der Waals surface area contributed by atoms with Crippen LogP contribution in [0, 0.1) is 0 Å². The fourth-order valence-electron chi connectivity index (χ4n) is 1.15. The molecule has 3 nitrogen and oxygen atoms in total. The lowest BCUT2D eigenvalue weighted by Gasteiger charge is -2.09. The quantitative estimate of drug-likeness (QED) is 0.702. The van der Waals surface area contributed by atoms with E-state index in [0.29, 0.717) is 17.1 Å². The maximum atomic E-state index is 11.9. The molecule has 1 rings (SSSR count). The van der Waals surface area contributed by atoms with Crippen LogP contribution >= 0.6 is 0 Å². The molecular formula is C11H13FO3. The van der Waals surface area contributed by atoms with Crippen LogP contribution in [-0.2, 0) is 0 Å². The highest BCUT2D eigenvalue weighted by molar-refractivity contribution is 5.94. The minimum atomic E-state index is -0.558. The summed E-state index contributed by atoms with van der Waals surface area (Å²) >= 11 is 0. The van der Waals surface area contributed by atoms with Gasteiger partial charge in [0.1, 0.15) is 13.3 Å². The van der Waals surface area contributed by atoms with Gasteiger partial charge in [-0.05, 0) is 25.1 Å². The fourth-order valence-corrected chi connectivity index (χ4v) is 1.15. The average Bonchev–Trinajstić information content (AvgIpc) is 2.25. The number of Topliss-reactive ketones (excluding diaryl/α,β-unsaturated/α-hetero) is 1. The Balaban J connectivity index is 2.93. The topological polar surface area (TPSA) is 35.5 Å². The zero-order chi connectivity index (χ0) is 11.3. The molecule has 0 aliphatic carbocycles. The van der Waals surface area contributed by atoms with Crippen LogP contribution in [0.4, 0.5) is 4.39 Å². The number of methoxy groups -OCH3 is 1. The van der Waals surface area contributed by atoms with E-state index in [4.69, 9.17) is 9.47 Å². The third-order valence-corrected chi connectivity index (χ3v) is 1.90. The zero-order valence-corrected chi connectivity index (χ0v) is 8.75. The molecule has 82 valence electrons. The highest BCUT2D eigenvalue weighted by Gasteiger charge is 2.07. The average molecular weight is 212 g/mol. The van der Waals surface area contributed by atoms with E-state index in [1.165, 1.54) is 14.0 Å². The number of hydrogen-bond donors (Lipinski definition) is 0. The summed E-state index contributed by atoms with van der Waals surface area (Å²) in [6.45, 7) is 0.893. The van der Waals surface area contributed by atoms with Gasteiger partial charge in [0.05, 0.1) is 7.11 Å². The predicted molar refractivity (Wildman–Crippen MR) is 54.5 cm³/mol. The molecule has 0 unspecified atom stereocenters. The molecule has 0 aliphatic rings. The highest BCUT2D eigenvalue weighted by Crippen LogP contribution is 2.28. The molecule has 0 atom stereocenters. The Labute approximate surface area is 87.8 Å². The van der Waals surface area contributed by atoms with E-state index in [1.807, 2.05) is 0 Å². The minimum absolute atomic E-state index is 0.0181. The van der Waals surface area contributed by atoms with Crippen molar-refractivity contribution in [2.45, 2.75) is 6.92 Å². The second-order valence-electron chi connectivity index (χ2n) is 2.96. The summed E-state index contributed by atoms with van der Waals surface area (Å²) in [5.74, 6) is 0.835. The number of alkyl halides is 1. The standard InChI is InChI=1S/C11H13FO3/c1-8(13)9-3-4-10(15-6-5-12)11(7-9)14-2/h3-4,7H,5-6H2,1-2H3. The van der Waals surface area contributed by atoms with Gasteiger partial charge in [-0.2, -0.15) is 0 Å². The Hall–Kier alpha value is -1.58. The summed E-state index contributed by atoms with van der Waals surface area (Å²) in [6.07, 6.45) is 0. The molecule has 0 saturated carbocycles. The van der Waals surface area contributed by atoms with Crippen LogP contribution in [0.2, 0.25) is 0 Å². The van der Waals surface area contributed by atoms with Gasteiger partial charge in [-0.3, -0.25) is 4.79 Å². The summed E-state index contributed by atoms with van der Waals surface area (Å²) in [7, 11) is 1.47. The van der Waals surface area contributed by atoms with Crippen molar-refractivity contribution in [2.75, 3.05) is 20.4 Å². The second kappa shape index (κ2) is 5.34. The lowest BCUT2D eigenvalue weighted by atomic mass is 10.1. The first-order valence-electron chi connectivity index (χ1n) is 4.56. The van der Waals surface area contributed by atoms with Gasteiger partial charge < -0.3 is 9.47 Å². The van der Waals surface area contributed by atoms with E-state index in [2.05, 4.69) is 0 Å². The van der Waals surface area contributed by atoms with Gasteiger partial charge in [-0.15, -0.1) is 0 Å². The van der Waals surface area contributed by atoms with Gasteiger partial charge in [0.25, 0.3) is 0 Å². The van der Waals surface area contributed by atoms with E-state index in [1.54, 1.807) is 18.2 Å². The third-order valence-electron chi connectivity index (χ3n) is 1.90. The van der Waals surface area contributed by atoms with Crippen LogP contribution in [-0.4, -0.2) is 26.2 Å². The summed E-state index contributed by atoms with van der Waals surface area (Å²) < 4.78 is 22.0. The number of benzene rings is 1. The largest absolute Gasteiger partial charge is 0.493 e. The minimum Gasteiger partial charge on any atom is -0.493 e. The Morgan fingerprint density at radius 3 is 2.67 bits per heavy atom. The van der Waals surface area contributed by atoms with Crippen molar-refractivity contribution >= 4 is 5.78 Å². The number of halogens is 1. The smallest absolute Gasteiger partial charge is 0.161 e.